The van der Waals surface area contributed by atoms with E-state index in [0.29, 0.717) is 18.5 Å². The molecule has 11 heteroatoms. The van der Waals surface area contributed by atoms with Crippen molar-refractivity contribution in [1.82, 2.24) is 40.2 Å². The van der Waals surface area contributed by atoms with Gasteiger partial charge in [-0.25, -0.2) is 4.98 Å². The summed E-state index contributed by atoms with van der Waals surface area (Å²) in [7, 11) is 0. The second-order valence-electron chi connectivity index (χ2n) is 10.3. The summed E-state index contributed by atoms with van der Waals surface area (Å²) in [5, 5.41) is 20.2. The maximum atomic E-state index is 4.82. The van der Waals surface area contributed by atoms with Gasteiger partial charge >= 0.3 is 0 Å². The van der Waals surface area contributed by atoms with Crippen LogP contribution in [0.4, 0.5) is 17.5 Å². The summed E-state index contributed by atoms with van der Waals surface area (Å²) in [6, 6.07) is 12.8. The molecule has 204 valence electrons. The molecule has 0 unspecified atom stereocenters. The molecule has 6 rings (SSSR count). The third-order valence-corrected chi connectivity index (χ3v) is 7.56. The molecule has 11 nitrogen and oxygen atoms in total. The number of pyridine rings is 1. The highest BCUT2D eigenvalue weighted by atomic mass is 15.4. The van der Waals surface area contributed by atoms with Gasteiger partial charge in [-0.2, -0.15) is 4.98 Å². The summed E-state index contributed by atoms with van der Waals surface area (Å²) >= 11 is 0. The molecule has 0 saturated carbocycles. The first kappa shape index (κ1) is 25.4. The van der Waals surface area contributed by atoms with Crippen LogP contribution in [0.1, 0.15) is 25.0 Å². The Balaban J connectivity index is 0.986. The number of hydrogen-bond acceptors (Lipinski definition) is 10. The molecule has 2 aliphatic rings. The van der Waals surface area contributed by atoms with Gasteiger partial charge in [-0.1, -0.05) is 17.3 Å². The average molecular weight is 528 g/mol. The van der Waals surface area contributed by atoms with E-state index in [1.54, 1.807) is 0 Å². The van der Waals surface area contributed by atoms with Crippen LogP contribution < -0.4 is 20.9 Å². The van der Waals surface area contributed by atoms with Crippen LogP contribution in [0.2, 0.25) is 0 Å². The van der Waals surface area contributed by atoms with Crippen LogP contribution in [0.25, 0.3) is 10.9 Å². The van der Waals surface area contributed by atoms with Gasteiger partial charge in [0, 0.05) is 68.8 Å². The standard InChI is InChI=1S/C28H37N11/c1-2-5-26-25(4-1)27(32-22-6-10-29-11-7-22)34-28(33-26)31-20-23-21-39(36-35-23)15-3-14-37-16-18-38(19-17-37)24-8-12-30-13-9-24/h1-2,4-5,8-9,12-13,21-22,29H,3,6-7,10-11,14-20H2,(H2,31,32,33,34). The Morgan fingerprint density at radius 1 is 0.923 bits per heavy atom. The van der Waals surface area contributed by atoms with Gasteiger partial charge in [-0.3, -0.25) is 14.6 Å². The van der Waals surface area contributed by atoms with Gasteiger partial charge in [0.1, 0.15) is 11.5 Å². The quantitative estimate of drug-likeness (QED) is 0.285. The molecular weight excluding hydrogens is 490 g/mol. The number of aromatic nitrogens is 6. The zero-order valence-corrected chi connectivity index (χ0v) is 22.3. The molecule has 2 fully saturated rings. The van der Waals surface area contributed by atoms with E-state index in [9.17, 15) is 0 Å². The molecule has 4 aromatic rings. The summed E-state index contributed by atoms with van der Waals surface area (Å²) in [4.78, 5) is 18.6. The second kappa shape index (κ2) is 12.4. The first-order valence-electron chi connectivity index (χ1n) is 14.0. The fourth-order valence-corrected chi connectivity index (χ4v) is 5.36. The average Bonchev–Trinajstić information content (AvgIpc) is 3.45. The van der Waals surface area contributed by atoms with Crippen LogP contribution in [0.15, 0.2) is 55.0 Å². The largest absolute Gasteiger partial charge is 0.369 e. The Bertz CT molecular complexity index is 1330. The van der Waals surface area contributed by atoms with E-state index in [1.165, 1.54) is 5.69 Å². The molecular formula is C28H37N11. The Hall–Kier alpha value is -3.83. The first-order chi connectivity index (χ1) is 19.3. The molecule has 5 heterocycles. The lowest BCUT2D eigenvalue weighted by atomic mass is 10.1. The van der Waals surface area contributed by atoms with Crippen molar-refractivity contribution in [2.45, 2.75) is 38.4 Å². The number of rotatable bonds is 10. The minimum Gasteiger partial charge on any atom is -0.369 e. The predicted molar refractivity (Wildman–Crippen MR) is 154 cm³/mol. The third-order valence-electron chi connectivity index (χ3n) is 7.56. The summed E-state index contributed by atoms with van der Waals surface area (Å²) in [5.74, 6) is 1.49. The molecule has 3 aromatic heterocycles. The SMILES string of the molecule is c1ccc2c(NC3CCNCC3)nc(NCc3cn(CCCN4CCN(c5ccncc5)CC4)nn3)nc2c1. The normalized spacial score (nSPS) is 17.0. The number of piperidine rings is 1. The van der Waals surface area contributed by atoms with E-state index in [1.807, 2.05) is 41.5 Å². The lowest BCUT2D eigenvalue weighted by Gasteiger charge is -2.36. The van der Waals surface area contributed by atoms with Crippen LogP contribution in [-0.2, 0) is 13.1 Å². The summed E-state index contributed by atoms with van der Waals surface area (Å²) in [6.07, 6.45) is 8.97. The van der Waals surface area contributed by atoms with Crippen molar-refractivity contribution in [3.63, 3.8) is 0 Å². The number of nitrogens with one attached hydrogen (secondary N) is 3. The van der Waals surface area contributed by atoms with Gasteiger partial charge in [-0.05, 0) is 56.6 Å². The highest BCUT2D eigenvalue weighted by Crippen LogP contribution is 2.24. The van der Waals surface area contributed by atoms with Crippen LogP contribution in [-0.4, -0.2) is 86.7 Å². The minimum absolute atomic E-state index is 0.419. The van der Waals surface area contributed by atoms with Crippen LogP contribution in [0.3, 0.4) is 0 Å². The van der Waals surface area contributed by atoms with E-state index in [-0.39, 0.29) is 0 Å². The Morgan fingerprint density at radius 3 is 2.59 bits per heavy atom. The zero-order chi connectivity index (χ0) is 26.3. The van der Waals surface area contributed by atoms with Gasteiger partial charge in [0.2, 0.25) is 5.95 Å². The molecule has 1 aromatic carbocycles. The molecule has 0 bridgehead atoms. The van der Waals surface area contributed by atoms with Crippen molar-refractivity contribution in [1.29, 1.82) is 0 Å². The van der Waals surface area contributed by atoms with Gasteiger partial charge in [0.15, 0.2) is 0 Å². The highest BCUT2D eigenvalue weighted by Gasteiger charge is 2.18. The van der Waals surface area contributed by atoms with E-state index in [0.717, 1.165) is 94.0 Å². The third kappa shape index (κ3) is 6.61. The van der Waals surface area contributed by atoms with E-state index < -0.39 is 0 Å². The molecule has 39 heavy (non-hydrogen) atoms. The van der Waals surface area contributed by atoms with Crippen molar-refractivity contribution in [2.24, 2.45) is 0 Å². The Morgan fingerprint density at radius 2 is 1.74 bits per heavy atom. The number of nitrogens with zero attached hydrogens (tertiary/aromatic N) is 8. The van der Waals surface area contributed by atoms with E-state index >= 15 is 0 Å². The summed E-state index contributed by atoms with van der Waals surface area (Å²) < 4.78 is 1.94. The summed E-state index contributed by atoms with van der Waals surface area (Å²) in [5.41, 5.74) is 3.07. The van der Waals surface area contributed by atoms with E-state index in [4.69, 9.17) is 9.97 Å². The highest BCUT2D eigenvalue weighted by molar-refractivity contribution is 5.90. The Labute approximate surface area is 229 Å². The molecule has 0 radical (unpaired) electrons. The lowest BCUT2D eigenvalue weighted by molar-refractivity contribution is 0.248. The maximum absolute atomic E-state index is 4.82. The van der Waals surface area contributed by atoms with Gasteiger partial charge in [0.05, 0.1) is 18.3 Å². The van der Waals surface area contributed by atoms with Gasteiger partial charge < -0.3 is 20.9 Å². The fraction of sp³-hybridized carbons (Fsp3) is 0.464. The number of aryl methyl sites for hydroxylation is 1. The van der Waals surface area contributed by atoms with E-state index in [2.05, 4.69) is 59.2 Å². The minimum atomic E-state index is 0.419. The Kier molecular flexibility index (Phi) is 8.06. The van der Waals surface area contributed by atoms with Crippen molar-refractivity contribution in [2.75, 3.05) is 61.3 Å². The smallest absolute Gasteiger partial charge is 0.225 e. The molecule has 3 N–H and O–H groups in total. The molecule has 0 aliphatic carbocycles. The lowest BCUT2D eigenvalue weighted by Crippen LogP contribution is -2.46. The molecule has 0 amide bonds. The number of hydrogen-bond donors (Lipinski definition) is 3. The topological polar surface area (TPSA) is 112 Å². The fourth-order valence-electron chi connectivity index (χ4n) is 5.36. The molecule has 2 saturated heterocycles. The molecule has 0 atom stereocenters. The predicted octanol–water partition coefficient (Wildman–Crippen LogP) is 2.60. The van der Waals surface area contributed by atoms with Crippen molar-refractivity contribution in [3.8, 4) is 0 Å². The number of fused-ring (bicyclic) bond motifs is 1. The van der Waals surface area contributed by atoms with Crippen molar-refractivity contribution < 1.29 is 0 Å². The maximum Gasteiger partial charge on any atom is 0.225 e. The van der Waals surface area contributed by atoms with Crippen LogP contribution in [0, 0.1) is 0 Å². The number of para-hydroxylation sites is 1. The molecule has 0 spiro atoms. The summed E-state index contributed by atoms with van der Waals surface area (Å²) in [6.45, 7) is 8.77. The monoisotopic (exact) mass is 527 g/mol. The van der Waals surface area contributed by atoms with Crippen molar-refractivity contribution >= 4 is 28.4 Å². The number of benzene rings is 1. The van der Waals surface area contributed by atoms with Gasteiger partial charge in [0.25, 0.3) is 0 Å². The van der Waals surface area contributed by atoms with Gasteiger partial charge in [-0.15, -0.1) is 5.10 Å². The molecule has 2 aliphatic heterocycles. The second-order valence-corrected chi connectivity index (χ2v) is 10.3. The van der Waals surface area contributed by atoms with Crippen molar-refractivity contribution in [3.05, 3.63) is 60.7 Å². The number of anilines is 3. The zero-order valence-electron chi connectivity index (χ0n) is 22.3. The van der Waals surface area contributed by atoms with Crippen LogP contribution in [0.5, 0.6) is 0 Å². The number of piperazine rings is 1. The first-order valence-corrected chi connectivity index (χ1v) is 14.0. The van der Waals surface area contributed by atoms with Crippen LogP contribution >= 0.6 is 0 Å².